The fourth-order valence-electron chi connectivity index (χ4n) is 1.12. The average molecular weight is 437 g/mol. The first kappa shape index (κ1) is 15.5. The lowest BCUT2D eigenvalue weighted by Crippen LogP contribution is -1.87. The third kappa shape index (κ3) is 5.00. The van der Waals surface area contributed by atoms with Gasteiger partial charge in [-0.1, -0.05) is 33.6 Å². The van der Waals surface area contributed by atoms with Gasteiger partial charge in [0.05, 0.1) is 5.69 Å². The van der Waals surface area contributed by atoms with E-state index in [1.807, 2.05) is 43.3 Å². The molecule has 2 rings (SSSR count). The Kier molecular flexibility index (Phi) is 6.18. The zero-order chi connectivity index (χ0) is 13.7. The van der Waals surface area contributed by atoms with Crippen molar-refractivity contribution in [1.29, 1.82) is 0 Å². The molecular weight excluding hydrogens is 424 g/mol. The maximum Gasteiger partial charge on any atom is 0.0603 e. The smallest absolute Gasteiger partial charge is 0.0603 e. The van der Waals surface area contributed by atoms with Crippen LogP contribution in [0.25, 0.3) is 0 Å². The molecule has 0 aliphatic carbocycles. The molecule has 18 heavy (non-hydrogen) atoms. The van der Waals surface area contributed by atoms with Crippen LogP contribution in [-0.2, 0) is 0 Å². The largest absolute Gasteiger partial charge is 0.399 e. The van der Waals surface area contributed by atoms with Crippen molar-refractivity contribution in [3.63, 3.8) is 0 Å². The Morgan fingerprint density at radius 2 is 1.28 bits per heavy atom. The highest BCUT2D eigenvalue weighted by Gasteiger charge is 2.00. The zero-order valence-electron chi connectivity index (χ0n) is 9.75. The molecule has 0 saturated carbocycles. The number of hydrogen-bond acceptors (Lipinski definition) is 2. The summed E-state index contributed by atoms with van der Waals surface area (Å²) in [6.45, 7) is 2.04. The maximum atomic E-state index is 5.64. The van der Waals surface area contributed by atoms with E-state index < -0.39 is 0 Å². The van der Waals surface area contributed by atoms with E-state index in [-0.39, 0.29) is 0 Å². The van der Waals surface area contributed by atoms with Gasteiger partial charge in [-0.25, -0.2) is 0 Å². The molecular formula is C13H13Br3N2. The summed E-state index contributed by atoms with van der Waals surface area (Å²) < 4.78 is 2.79. The molecule has 0 aliphatic rings. The summed E-state index contributed by atoms with van der Waals surface area (Å²) >= 11 is 9.96. The molecule has 4 N–H and O–H groups in total. The molecule has 0 spiro atoms. The molecule has 0 fully saturated rings. The van der Waals surface area contributed by atoms with E-state index in [1.165, 1.54) is 5.56 Å². The van der Waals surface area contributed by atoms with Crippen LogP contribution < -0.4 is 11.5 Å². The van der Waals surface area contributed by atoms with E-state index in [9.17, 15) is 0 Å². The van der Waals surface area contributed by atoms with Crippen LogP contribution in [0, 0.1) is 6.92 Å². The van der Waals surface area contributed by atoms with Crippen molar-refractivity contribution >= 4 is 59.2 Å². The Bertz CT molecular complexity index is 480. The number of hydrogen-bond donors (Lipinski definition) is 2. The Morgan fingerprint density at radius 3 is 1.67 bits per heavy atom. The van der Waals surface area contributed by atoms with Gasteiger partial charge in [0.2, 0.25) is 0 Å². The number of anilines is 2. The molecule has 0 aliphatic heterocycles. The number of rotatable bonds is 0. The second-order valence-electron chi connectivity index (χ2n) is 3.69. The van der Waals surface area contributed by atoms with Crippen LogP contribution >= 0.6 is 47.8 Å². The normalized spacial score (nSPS) is 9.56. The molecule has 0 radical (unpaired) electrons. The molecule has 5 heteroatoms. The Hall–Kier alpha value is -0.520. The van der Waals surface area contributed by atoms with Gasteiger partial charge in [0.15, 0.2) is 0 Å². The topological polar surface area (TPSA) is 52.0 Å². The number of benzene rings is 2. The van der Waals surface area contributed by atoms with Crippen LogP contribution in [0.5, 0.6) is 0 Å². The molecule has 0 unspecified atom stereocenters. The number of halogens is 3. The van der Waals surface area contributed by atoms with E-state index in [4.69, 9.17) is 11.5 Å². The highest BCUT2D eigenvalue weighted by molar-refractivity contribution is 9.11. The summed E-state index contributed by atoms with van der Waals surface area (Å²) in [6, 6.07) is 11.6. The minimum Gasteiger partial charge on any atom is -0.399 e. The summed E-state index contributed by atoms with van der Waals surface area (Å²) in [5, 5.41) is 0. The predicted octanol–water partition coefficient (Wildman–Crippen LogP) is 5.13. The van der Waals surface area contributed by atoms with Crippen LogP contribution in [0.3, 0.4) is 0 Å². The fourth-order valence-corrected chi connectivity index (χ4v) is 3.38. The molecule has 0 heterocycles. The molecule has 96 valence electrons. The Balaban J connectivity index is 0.000000184. The second-order valence-corrected chi connectivity index (χ2v) is 6.32. The monoisotopic (exact) mass is 434 g/mol. The predicted molar refractivity (Wildman–Crippen MR) is 89.5 cm³/mol. The van der Waals surface area contributed by atoms with E-state index >= 15 is 0 Å². The first-order valence-corrected chi connectivity index (χ1v) is 7.50. The zero-order valence-corrected chi connectivity index (χ0v) is 14.5. The van der Waals surface area contributed by atoms with Gasteiger partial charge in [0, 0.05) is 19.1 Å². The molecule has 0 bridgehead atoms. The van der Waals surface area contributed by atoms with E-state index in [2.05, 4.69) is 47.8 Å². The van der Waals surface area contributed by atoms with Crippen LogP contribution in [0.1, 0.15) is 5.56 Å². The van der Waals surface area contributed by atoms with E-state index in [1.54, 1.807) is 0 Å². The third-order valence-electron chi connectivity index (χ3n) is 2.12. The van der Waals surface area contributed by atoms with Gasteiger partial charge in [0.1, 0.15) is 0 Å². The number of nitrogen functional groups attached to an aromatic ring is 2. The average Bonchev–Trinajstić information content (AvgIpc) is 2.31. The van der Waals surface area contributed by atoms with Crippen molar-refractivity contribution in [2.75, 3.05) is 11.5 Å². The van der Waals surface area contributed by atoms with Crippen LogP contribution in [-0.4, -0.2) is 0 Å². The Morgan fingerprint density at radius 1 is 0.833 bits per heavy atom. The minimum absolute atomic E-state index is 0.725. The van der Waals surface area contributed by atoms with Gasteiger partial charge in [0.25, 0.3) is 0 Å². The van der Waals surface area contributed by atoms with Crippen molar-refractivity contribution in [1.82, 2.24) is 0 Å². The lowest BCUT2D eigenvalue weighted by atomic mass is 10.2. The summed E-state index contributed by atoms with van der Waals surface area (Å²) in [5.41, 5.74) is 13.9. The molecule has 2 aromatic rings. The molecule has 2 nitrogen and oxygen atoms in total. The third-order valence-corrected chi connectivity index (χ3v) is 3.89. The van der Waals surface area contributed by atoms with Gasteiger partial charge in [-0.15, -0.1) is 0 Å². The molecule has 0 aromatic heterocycles. The summed E-state index contributed by atoms with van der Waals surface area (Å²) in [4.78, 5) is 0. The van der Waals surface area contributed by atoms with Gasteiger partial charge < -0.3 is 11.5 Å². The van der Waals surface area contributed by atoms with Crippen molar-refractivity contribution in [3.8, 4) is 0 Å². The quantitative estimate of drug-likeness (QED) is 0.562. The standard InChI is InChI=1S/C7H9N.C6H4Br3N/c1-6-2-4-7(8)5-3-6;7-3-1-4(8)6(10)5(9)2-3/h2-5H,8H2,1H3;1-2H,10H2. The first-order valence-electron chi connectivity index (χ1n) is 5.12. The van der Waals surface area contributed by atoms with Gasteiger partial charge in [-0.3, -0.25) is 0 Å². The molecule has 0 saturated heterocycles. The molecule has 2 aromatic carbocycles. The van der Waals surface area contributed by atoms with E-state index in [0.717, 1.165) is 24.8 Å². The van der Waals surface area contributed by atoms with Crippen LogP contribution in [0.4, 0.5) is 11.4 Å². The van der Waals surface area contributed by atoms with Crippen molar-refractivity contribution in [2.24, 2.45) is 0 Å². The van der Waals surface area contributed by atoms with Gasteiger partial charge >= 0.3 is 0 Å². The second kappa shape index (κ2) is 7.16. The Labute approximate surface area is 132 Å². The fraction of sp³-hybridized carbons (Fsp3) is 0.0769. The number of nitrogens with two attached hydrogens (primary N) is 2. The van der Waals surface area contributed by atoms with E-state index in [0.29, 0.717) is 0 Å². The van der Waals surface area contributed by atoms with Crippen LogP contribution in [0.2, 0.25) is 0 Å². The van der Waals surface area contributed by atoms with Gasteiger partial charge in [-0.05, 0) is 63.0 Å². The summed E-state index contributed by atoms with van der Waals surface area (Å²) in [7, 11) is 0. The maximum absolute atomic E-state index is 5.64. The van der Waals surface area contributed by atoms with Crippen molar-refractivity contribution in [3.05, 3.63) is 55.4 Å². The summed E-state index contributed by atoms with van der Waals surface area (Å²) in [5.74, 6) is 0. The SMILES string of the molecule is Cc1ccc(N)cc1.Nc1c(Br)cc(Br)cc1Br. The molecule has 0 amide bonds. The summed E-state index contributed by atoms with van der Waals surface area (Å²) in [6.07, 6.45) is 0. The minimum atomic E-state index is 0.725. The molecule has 0 atom stereocenters. The highest BCUT2D eigenvalue weighted by atomic mass is 79.9. The van der Waals surface area contributed by atoms with Gasteiger partial charge in [-0.2, -0.15) is 0 Å². The lowest BCUT2D eigenvalue weighted by molar-refractivity contribution is 1.47. The van der Waals surface area contributed by atoms with Crippen molar-refractivity contribution in [2.45, 2.75) is 6.92 Å². The van der Waals surface area contributed by atoms with Crippen LogP contribution in [0.15, 0.2) is 49.8 Å². The number of aryl methyl sites for hydroxylation is 1. The first-order chi connectivity index (χ1) is 8.40. The van der Waals surface area contributed by atoms with Crippen molar-refractivity contribution < 1.29 is 0 Å². The highest BCUT2D eigenvalue weighted by Crippen LogP contribution is 2.31. The lowest BCUT2D eigenvalue weighted by Gasteiger charge is -2.00.